The molecule has 0 atom stereocenters. The molecule has 0 heterocycles. The Labute approximate surface area is 183 Å². The van der Waals surface area contributed by atoms with E-state index in [1.807, 2.05) is 12.1 Å². The number of ether oxygens (including phenoxy) is 1. The number of carbonyl (C=O) groups excluding carboxylic acids is 2. The third-order valence-corrected chi connectivity index (χ3v) is 11.3. The van der Waals surface area contributed by atoms with Crippen molar-refractivity contribution in [2.45, 2.75) is 21.4 Å². The summed E-state index contributed by atoms with van der Waals surface area (Å²) >= 11 is -2.28. The monoisotopic (exact) mass is 523 g/mol. The fourth-order valence-electron chi connectivity index (χ4n) is 3.62. The molecule has 0 saturated heterocycles. The van der Waals surface area contributed by atoms with Crippen LogP contribution in [0, 0.1) is 10.1 Å². The van der Waals surface area contributed by atoms with Gasteiger partial charge in [0.05, 0.1) is 4.92 Å². The summed E-state index contributed by atoms with van der Waals surface area (Å²) in [5.74, 6) is -0.623. The van der Waals surface area contributed by atoms with Gasteiger partial charge in [-0.2, -0.15) is 0 Å². The summed E-state index contributed by atoms with van der Waals surface area (Å²) in [6, 6.07) is 17.0. The molecule has 0 radical (unpaired) electrons. The van der Waals surface area contributed by atoms with Crippen LogP contribution in [0.3, 0.4) is 0 Å². The number of carbonyl (C=O) groups is 2. The minimum absolute atomic E-state index is 0.00990. The minimum atomic E-state index is -2.28. The van der Waals surface area contributed by atoms with Crippen LogP contribution in [0.15, 0.2) is 60.7 Å². The van der Waals surface area contributed by atoms with E-state index in [0.717, 1.165) is 11.1 Å². The third-order valence-electron chi connectivity index (χ3n) is 5.44. The van der Waals surface area contributed by atoms with Gasteiger partial charge >= 0.3 is 151 Å². The average Bonchev–Trinajstić information content (AvgIpc) is 3.03. The topological polar surface area (TPSA) is 86.5 Å². The van der Waals surface area contributed by atoms with Crippen LogP contribution in [0.4, 0.5) is 5.69 Å². The van der Waals surface area contributed by atoms with Crippen LogP contribution in [0.25, 0.3) is 11.1 Å². The normalized spacial score (nSPS) is 12.3. The maximum atomic E-state index is 12.9. The second-order valence-corrected chi connectivity index (χ2v) is 23.1. The van der Waals surface area contributed by atoms with Crippen LogP contribution < -0.4 is 3.58 Å². The first-order valence-electron chi connectivity index (χ1n) is 9.89. The summed E-state index contributed by atoms with van der Waals surface area (Å²) in [6.45, 7) is -0.00990. The SMILES string of the molecule is [CH3][Sn]([CH3])([CH3])[c]1ccc2c(c1)-c1ccc(C(=O)OCc3ccc([N+](=O)[O-])cc3)cc1C2=O. The van der Waals surface area contributed by atoms with Gasteiger partial charge in [-0.15, -0.1) is 0 Å². The van der Waals surface area contributed by atoms with Crippen molar-refractivity contribution in [1.82, 2.24) is 0 Å². The fraction of sp³-hybridized carbons (Fsp3) is 0.167. The van der Waals surface area contributed by atoms with Crippen molar-refractivity contribution in [2.75, 3.05) is 0 Å². The van der Waals surface area contributed by atoms with Crippen molar-refractivity contribution in [3.63, 3.8) is 0 Å². The Balaban J connectivity index is 1.54. The summed E-state index contributed by atoms with van der Waals surface area (Å²) < 4.78 is 6.69. The third kappa shape index (κ3) is 4.12. The molecular weight excluding hydrogens is 501 g/mol. The van der Waals surface area contributed by atoms with E-state index >= 15 is 0 Å². The number of nitro benzene ring substituents is 1. The van der Waals surface area contributed by atoms with Crippen molar-refractivity contribution < 1.29 is 19.2 Å². The number of benzene rings is 3. The fourth-order valence-corrected chi connectivity index (χ4v) is 6.93. The van der Waals surface area contributed by atoms with Gasteiger partial charge in [0.1, 0.15) is 0 Å². The van der Waals surface area contributed by atoms with E-state index < -0.39 is 29.3 Å². The van der Waals surface area contributed by atoms with Crippen LogP contribution >= 0.6 is 0 Å². The molecule has 0 aliphatic heterocycles. The van der Waals surface area contributed by atoms with Gasteiger partial charge in [-0.1, -0.05) is 0 Å². The van der Waals surface area contributed by atoms with Gasteiger partial charge in [0.15, 0.2) is 0 Å². The Morgan fingerprint density at radius 3 is 2.23 bits per heavy atom. The van der Waals surface area contributed by atoms with E-state index in [-0.39, 0.29) is 18.1 Å². The number of nitrogens with zero attached hydrogens (tertiary/aromatic N) is 1. The molecular formula is C24H21NO5Sn. The van der Waals surface area contributed by atoms with Crippen molar-refractivity contribution in [1.29, 1.82) is 0 Å². The average molecular weight is 522 g/mol. The zero-order chi connectivity index (χ0) is 22.3. The van der Waals surface area contributed by atoms with Crippen LogP contribution in [0.2, 0.25) is 14.8 Å². The predicted octanol–water partition coefficient (Wildman–Crippen LogP) is 4.71. The summed E-state index contributed by atoms with van der Waals surface area (Å²) in [5.41, 5.74) is 3.90. The van der Waals surface area contributed by atoms with Gasteiger partial charge in [0.25, 0.3) is 5.69 Å². The van der Waals surface area contributed by atoms with Crippen molar-refractivity contribution in [3.8, 4) is 11.1 Å². The number of hydrogen-bond donors (Lipinski definition) is 0. The number of ketones is 1. The Hall–Kier alpha value is -3.00. The maximum absolute atomic E-state index is 12.9. The second-order valence-electron chi connectivity index (χ2n) is 8.60. The van der Waals surface area contributed by atoms with E-state index in [2.05, 4.69) is 27.0 Å². The molecule has 0 saturated carbocycles. The van der Waals surface area contributed by atoms with Crippen LogP contribution in [0.1, 0.15) is 31.8 Å². The molecule has 7 heteroatoms. The second kappa shape index (κ2) is 7.92. The zero-order valence-electron chi connectivity index (χ0n) is 17.5. The Morgan fingerprint density at radius 1 is 0.903 bits per heavy atom. The molecule has 0 bridgehead atoms. The molecule has 0 amide bonds. The van der Waals surface area contributed by atoms with Crippen LogP contribution in [-0.4, -0.2) is 35.1 Å². The zero-order valence-corrected chi connectivity index (χ0v) is 20.3. The predicted molar refractivity (Wildman–Crippen MR) is 121 cm³/mol. The van der Waals surface area contributed by atoms with Crippen LogP contribution in [-0.2, 0) is 11.3 Å². The van der Waals surface area contributed by atoms with E-state index in [4.69, 9.17) is 4.74 Å². The first kappa shape index (κ1) is 21.2. The number of fused-ring (bicyclic) bond motifs is 3. The standard InChI is InChI=1S/C21H12NO5.3CH3.Sn/c23-20-18-4-2-1-3-16(18)17-10-7-14(11-19(17)20)21(24)27-12-13-5-8-15(9-6-13)22(25)26;;;;/h2-11H,12H2;3*1H3;. The van der Waals surface area contributed by atoms with E-state index in [9.17, 15) is 19.7 Å². The number of rotatable bonds is 5. The molecule has 0 aromatic heterocycles. The Kier molecular flexibility index (Phi) is 5.43. The molecule has 0 N–H and O–H groups in total. The quantitative estimate of drug-likeness (QED) is 0.164. The molecule has 31 heavy (non-hydrogen) atoms. The molecule has 6 nitrogen and oxygen atoms in total. The summed E-state index contributed by atoms with van der Waals surface area (Å²) in [7, 11) is 0. The van der Waals surface area contributed by atoms with E-state index in [1.54, 1.807) is 24.3 Å². The molecule has 0 spiro atoms. The molecule has 3 aromatic carbocycles. The van der Waals surface area contributed by atoms with Gasteiger partial charge in [0, 0.05) is 12.1 Å². The van der Waals surface area contributed by atoms with Gasteiger partial charge in [-0.3, -0.25) is 10.1 Å². The molecule has 0 unspecified atom stereocenters. The Morgan fingerprint density at radius 2 is 1.58 bits per heavy atom. The molecule has 1 aliphatic carbocycles. The molecule has 0 fully saturated rings. The van der Waals surface area contributed by atoms with E-state index in [1.165, 1.54) is 15.7 Å². The first-order chi connectivity index (χ1) is 14.6. The first-order valence-corrected chi connectivity index (χ1v) is 19.9. The summed E-state index contributed by atoms with van der Waals surface area (Å²) in [6.07, 6.45) is 0. The number of non-ortho nitro benzene ring substituents is 1. The molecule has 156 valence electrons. The molecule has 3 aromatic rings. The van der Waals surface area contributed by atoms with Gasteiger partial charge in [0.2, 0.25) is 0 Å². The van der Waals surface area contributed by atoms with Gasteiger partial charge in [-0.25, -0.2) is 0 Å². The number of esters is 1. The summed E-state index contributed by atoms with van der Waals surface area (Å²) in [5, 5.41) is 10.7. The summed E-state index contributed by atoms with van der Waals surface area (Å²) in [4.78, 5) is 42.7. The van der Waals surface area contributed by atoms with Crippen molar-refractivity contribution in [3.05, 3.63) is 93.0 Å². The number of nitro groups is 1. The van der Waals surface area contributed by atoms with Crippen molar-refractivity contribution >= 4 is 39.4 Å². The van der Waals surface area contributed by atoms with Gasteiger partial charge in [-0.05, 0) is 0 Å². The van der Waals surface area contributed by atoms with Crippen molar-refractivity contribution in [2.24, 2.45) is 0 Å². The molecule has 1 aliphatic rings. The van der Waals surface area contributed by atoms with E-state index in [0.29, 0.717) is 22.3 Å². The Bertz CT molecular complexity index is 1230. The number of hydrogen-bond acceptors (Lipinski definition) is 5. The molecule has 4 rings (SSSR count). The van der Waals surface area contributed by atoms with Crippen LogP contribution in [0.5, 0.6) is 0 Å². The van der Waals surface area contributed by atoms with Gasteiger partial charge < -0.3 is 0 Å².